The van der Waals surface area contributed by atoms with Gasteiger partial charge in [-0.15, -0.1) is 11.3 Å². The molecule has 0 fully saturated rings. The molecule has 0 amide bonds. The normalized spacial score (nSPS) is 9.24. The molecule has 0 aliphatic heterocycles. The largest absolute Gasteiger partial charge is 0.398 e. The zero-order valence-corrected chi connectivity index (χ0v) is 38.6. The highest BCUT2D eigenvalue weighted by atomic mass is 33.5. The lowest BCUT2D eigenvalue weighted by molar-refractivity contribution is 1.64. The maximum absolute atomic E-state index is 6.09. The Morgan fingerprint density at radius 1 is 0.452 bits per heavy atom. The molecule has 0 spiro atoms. The summed E-state index contributed by atoms with van der Waals surface area (Å²) in [7, 11) is 34.5. The van der Waals surface area contributed by atoms with Crippen LogP contribution in [0.3, 0.4) is 0 Å². The lowest BCUT2D eigenvalue weighted by Crippen LogP contribution is -1.88. The lowest BCUT2D eigenvalue weighted by Gasteiger charge is -2.05. The van der Waals surface area contributed by atoms with Crippen LogP contribution in [0.15, 0.2) is 66.7 Å². The predicted octanol–water partition coefficient (Wildman–Crippen LogP) is 5.25. The fourth-order valence-corrected chi connectivity index (χ4v) is 53.3. The molecule has 0 unspecified atom stereocenters. The molecule has 24 heteroatoms. The van der Waals surface area contributed by atoms with Gasteiger partial charge in [0.1, 0.15) is 0 Å². The van der Waals surface area contributed by atoms with Crippen molar-refractivity contribution in [3.05, 3.63) is 66.7 Å². The first-order valence-corrected chi connectivity index (χ1v) is 38.9. The van der Waals surface area contributed by atoms with Crippen LogP contribution in [0.4, 0.5) is 5.69 Å². The van der Waals surface area contributed by atoms with Crippen molar-refractivity contribution < 1.29 is 0 Å². The number of fused-ring (bicyclic) bond motifs is 3. The SMILES string of the molecule is Nc1ccccc1-c1ccc2sc3ccccc3c2c1.S=S=S=S=S=S=S=S=S=S=S=S=S=S=S=S=S=S=S=S=S=S. The first-order chi connectivity index (χ1) is 20.7. The van der Waals surface area contributed by atoms with Gasteiger partial charge in [0.2, 0.25) is 0 Å². The summed E-state index contributed by atoms with van der Waals surface area (Å²) >= 11 is 11.4. The molecule has 0 bridgehead atoms. The molecule has 1 heterocycles. The number of nitrogen functional groups attached to an aromatic ring is 1. The Labute approximate surface area is 314 Å². The Bertz CT molecular complexity index is 2390. The van der Waals surface area contributed by atoms with Crippen molar-refractivity contribution in [2.24, 2.45) is 0 Å². The van der Waals surface area contributed by atoms with Crippen molar-refractivity contribution in [1.29, 1.82) is 0 Å². The molecule has 4 rings (SSSR count). The van der Waals surface area contributed by atoms with E-state index in [1.54, 1.807) is 160 Å². The van der Waals surface area contributed by atoms with E-state index in [2.05, 4.69) is 48.5 Å². The zero-order chi connectivity index (χ0) is 29.7. The summed E-state index contributed by atoms with van der Waals surface area (Å²) in [6.07, 6.45) is 0. The Morgan fingerprint density at radius 2 is 0.881 bits per heavy atom. The highest BCUT2D eigenvalue weighted by molar-refractivity contribution is 8.78. The third-order valence-corrected chi connectivity index (χ3v) is 47.6. The average Bonchev–Trinajstić information content (AvgIpc) is 3.39. The van der Waals surface area contributed by atoms with Crippen LogP contribution in [-0.4, -0.2) is 0 Å². The maximum atomic E-state index is 6.09. The lowest BCUT2D eigenvalue weighted by atomic mass is 10.0. The van der Waals surface area contributed by atoms with Crippen LogP contribution in [0.2, 0.25) is 0 Å². The van der Waals surface area contributed by atoms with E-state index < -0.39 is 0 Å². The van der Waals surface area contributed by atoms with Crippen molar-refractivity contribution in [1.82, 2.24) is 0 Å². The van der Waals surface area contributed by atoms with Gasteiger partial charge in [-0.3, -0.25) is 0 Å². The van der Waals surface area contributed by atoms with E-state index in [9.17, 15) is 0 Å². The van der Waals surface area contributed by atoms with E-state index >= 15 is 0 Å². The van der Waals surface area contributed by atoms with Gasteiger partial charge in [-0.1, -0.05) is 42.5 Å². The van der Waals surface area contributed by atoms with Crippen LogP contribution in [0.25, 0.3) is 31.3 Å². The Balaban J connectivity index is 0.000000230. The molecule has 42 heavy (non-hydrogen) atoms. The van der Waals surface area contributed by atoms with E-state index in [4.69, 9.17) is 28.1 Å². The number of para-hydroxylation sites is 1. The summed E-state index contributed by atoms with van der Waals surface area (Å²) in [4.78, 5) is 0. The number of anilines is 1. The third-order valence-electron chi connectivity index (χ3n) is 4.18. The van der Waals surface area contributed by atoms with Gasteiger partial charge in [0.25, 0.3) is 0 Å². The molecule has 0 atom stereocenters. The second-order valence-corrected chi connectivity index (χ2v) is 42.7. The monoisotopic (exact) mass is 978 g/mol. The van der Waals surface area contributed by atoms with Crippen molar-refractivity contribution in [3.8, 4) is 11.1 Å². The topological polar surface area (TPSA) is 26.0 Å². The van der Waals surface area contributed by atoms with Crippen LogP contribution in [-0.2, 0) is 200 Å². The first kappa shape index (κ1) is 39.0. The van der Waals surface area contributed by atoms with Crippen LogP contribution >= 0.6 is 11.3 Å². The number of hydrogen-bond donors (Lipinski definition) is 1. The molecular weight excluding hydrogens is 968 g/mol. The van der Waals surface area contributed by atoms with E-state index in [1.807, 2.05) is 29.5 Å². The Hall–Kier alpha value is 2.52. The molecule has 0 aliphatic rings. The first-order valence-electron chi connectivity index (χ1n) is 10.1. The molecule has 0 aliphatic carbocycles. The summed E-state index contributed by atoms with van der Waals surface area (Å²) in [5.74, 6) is 0. The molecule has 1 nitrogen and oxygen atoms in total. The van der Waals surface area contributed by atoms with Gasteiger partial charge in [0.15, 0.2) is 0 Å². The molecule has 0 saturated carbocycles. The molecular formula is C18H13NS23. The van der Waals surface area contributed by atoms with Gasteiger partial charge >= 0.3 is 0 Å². The Kier molecular flexibility index (Phi) is 23.7. The summed E-state index contributed by atoms with van der Waals surface area (Å²) in [6.45, 7) is 0. The van der Waals surface area contributed by atoms with Gasteiger partial charge in [-0.25, -0.2) is 0 Å². The van der Waals surface area contributed by atoms with E-state index in [1.165, 1.54) is 43.5 Å². The summed E-state index contributed by atoms with van der Waals surface area (Å²) in [5.41, 5.74) is 9.19. The van der Waals surface area contributed by atoms with Crippen LogP contribution in [0.5, 0.6) is 0 Å². The minimum Gasteiger partial charge on any atom is -0.398 e. The summed E-state index contributed by atoms with van der Waals surface area (Å²) in [5, 5.41) is 2.63. The predicted molar refractivity (Wildman–Crippen MR) is 251 cm³/mol. The second kappa shape index (κ2) is 25.5. The quantitative estimate of drug-likeness (QED) is 0.265. The molecule has 2 N–H and O–H groups in total. The van der Waals surface area contributed by atoms with Gasteiger partial charge in [0, 0.05) is 231 Å². The van der Waals surface area contributed by atoms with Gasteiger partial charge in [0.05, 0.1) is 0 Å². The van der Waals surface area contributed by atoms with Gasteiger partial charge < -0.3 is 5.73 Å². The fraction of sp³-hybridized carbons (Fsp3) is 0. The summed E-state index contributed by atoms with van der Waals surface area (Å²) in [6, 6.07) is 23.2. The highest BCUT2D eigenvalue weighted by Crippen LogP contribution is 2.37. The number of thiophene rings is 1. The van der Waals surface area contributed by atoms with Crippen molar-refractivity contribution in [3.63, 3.8) is 0 Å². The van der Waals surface area contributed by atoms with Crippen LogP contribution in [0, 0.1) is 0 Å². The smallest absolute Gasteiger partial charge is 0.0393 e. The van der Waals surface area contributed by atoms with E-state index in [0.717, 1.165) is 11.3 Å². The van der Waals surface area contributed by atoms with Crippen molar-refractivity contribution in [2.75, 3.05) is 5.73 Å². The highest BCUT2D eigenvalue weighted by Gasteiger charge is 2.07. The van der Waals surface area contributed by atoms with Crippen molar-refractivity contribution in [2.45, 2.75) is 0 Å². The minimum absolute atomic E-state index is 0.825. The second-order valence-electron chi connectivity index (χ2n) is 6.26. The third kappa shape index (κ3) is 15.6. The molecule has 4 aromatic rings. The van der Waals surface area contributed by atoms with E-state index in [0.29, 0.717) is 0 Å². The van der Waals surface area contributed by atoms with E-state index in [-0.39, 0.29) is 0 Å². The van der Waals surface area contributed by atoms with Crippen LogP contribution < -0.4 is 5.73 Å². The molecule has 0 saturated heterocycles. The van der Waals surface area contributed by atoms with Gasteiger partial charge in [-0.2, -0.15) is 0 Å². The number of benzene rings is 3. The molecule has 1 aromatic heterocycles. The fourth-order valence-electron chi connectivity index (χ4n) is 2.86. The standard InChI is InChI=1S/C18H13NS.S22/c19-16-7-3-1-5-13(16)12-9-10-18-15(11-12)14-6-2-4-8-17(14)20-18;1-3-5-7-9-11-13-15-17-19-21-22-20-18-16-14-12-10-8-6-4-2/h1-11H,19H2;. The molecule has 228 valence electrons. The number of rotatable bonds is 1. The number of nitrogens with two attached hydrogens (primary N) is 1. The average molecular weight is 981 g/mol. The van der Waals surface area contributed by atoms with Crippen molar-refractivity contribution >= 4 is 237 Å². The van der Waals surface area contributed by atoms with Gasteiger partial charge in [-0.05, 0) is 29.8 Å². The molecule has 0 radical (unpaired) electrons. The molecule has 3 aromatic carbocycles. The number of hydrogen-bond acceptors (Lipinski definition) is 4. The summed E-state index contributed by atoms with van der Waals surface area (Å²) < 4.78 is 2.66. The zero-order valence-electron chi connectivity index (χ0n) is 19.8. The maximum Gasteiger partial charge on any atom is 0.0393 e. The minimum atomic E-state index is 0.825. The van der Waals surface area contributed by atoms with Crippen LogP contribution in [0.1, 0.15) is 0 Å². The Morgan fingerprint density at radius 3 is 1.38 bits per heavy atom.